The second-order valence-corrected chi connectivity index (χ2v) is 5.64. The van der Waals surface area contributed by atoms with E-state index in [-0.39, 0.29) is 24.2 Å². The van der Waals surface area contributed by atoms with Gasteiger partial charge in [0.05, 0.1) is 12.8 Å². The van der Waals surface area contributed by atoms with Crippen molar-refractivity contribution >= 4 is 11.8 Å². The third kappa shape index (κ3) is 4.00. The molecule has 0 unspecified atom stereocenters. The summed E-state index contributed by atoms with van der Waals surface area (Å²) < 4.78 is 10.2. The van der Waals surface area contributed by atoms with E-state index in [9.17, 15) is 9.59 Å². The number of hydrogen-bond donors (Lipinski definition) is 2. The van der Waals surface area contributed by atoms with Crippen LogP contribution in [0.25, 0.3) is 11.5 Å². The Bertz CT molecular complexity index is 657. The van der Waals surface area contributed by atoms with Crippen molar-refractivity contribution in [1.29, 1.82) is 0 Å². The predicted octanol–water partition coefficient (Wildman–Crippen LogP) is 2.11. The molecule has 0 atom stereocenters. The predicted molar refractivity (Wildman–Crippen MR) is 81.6 cm³/mol. The molecule has 0 bridgehead atoms. The van der Waals surface area contributed by atoms with Gasteiger partial charge in [0.25, 0.3) is 5.91 Å². The first-order chi connectivity index (χ1) is 11.2. The van der Waals surface area contributed by atoms with Gasteiger partial charge in [-0.1, -0.05) is 24.4 Å². The van der Waals surface area contributed by atoms with Crippen LogP contribution >= 0.6 is 0 Å². The third-order valence-electron chi connectivity index (χ3n) is 3.89. The molecule has 1 aliphatic rings. The van der Waals surface area contributed by atoms with Gasteiger partial charge in [-0.25, -0.2) is 0 Å². The molecule has 3 rings (SSSR count). The molecule has 0 spiro atoms. The molecule has 0 aliphatic heterocycles. The van der Waals surface area contributed by atoms with Crippen molar-refractivity contribution in [2.45, 2.75) is 38.1 Å². The van der Waals surface area contributed by atoms with Crippen molar-refractivity contribution in [3.63, 3.8) is 0 Å². The van der Waals surface area contributed by atoms with Gasteiger partial charge in [0, 0.05) is 12.1 Å². The van der Waals surface area contributed by atoms with Crippen LogP contribution in [-0.2, 0) is 4.79 Å². The summed E-state index contributed by atoms with van der Waals surface area (Å²) in [5, 5.41) is 9.17. The number of carbonyl (C=O) groups excluding carboxylic acids is 2. The molecule has 122 valence electrons. The Morgan fingerprint density at radius 1 is 1.22 bits per heavy atom. The molecule has 0 saturated heterocycles. The van der Waals surface area contributed by atoms with Crippen LogP contribution in [0.4, 0.5) is 0 Å². The highest BCUT2D eigenvalue weighted by Gasteiger charge is 2.18. The van der Waals surface area contributed by atoms with Crippen LogP contribution in [-0.4, -0.2) is 29.6 Å². The van der Waals surface area contributed by atoms with Crippen molar-refractivity contribution in [1.82, 2.24) is 15.8 Å². The molecular formula is C16H19N3O4. The average Bonchev–Trinajstić information content (AvgIpc) is 3.24. The molecule has 7 nitrogen and oxygen atoms in total. The number of carbonyl (C=O) groups is 2. The topological polar surface area (TPSA) is 97.4 Å². The van der Waals surface area contributed by atoms with E-state index in [0.717, 1.165) is 25.7 Å². The number of rotatable bonds is 5. The molecule has 23 heavy (non-hydrogen) atoms. The first-order valence-electron chi connectivity index (χ1n) is 7.80. The van der Waals surface area contributed by atoms with E-state index in [1.165, 1.54) is 18.8 Å². The van der Waals surface area contributed by atoms with Crippen LogP contribution in [0.15, 0.2) is 33.4 Å². The van der Waals surface area contributed by atoms with Crippen LogP contribution in [0.1, 0.15) is 42.6 Å². The zero-order valence-electron chi connectivity index (χ0n) is 12.7. The molecule has 2 aromatic heterocycles. The Morgan fingerprint density at radius 2 is 2.04 bits per heavy atom. The van der Waals surface area contributed by atoms with Crippen LogP contribution < -0.4 is 10.6 Å². The highest BCUT2D eigenvalue weighted by atomic mass is 16.5. The van der Waals surface area contributed by atoms with Crippen LogP contribution in [0.3, 0.4) is 0 Å². The van der Waals surface area contributed by atoms with Gasteiger partial charge < -0.3 is 19.6 Å². The van der Waals surface area contributed by atoms with Crippen molar-refractivity contribution in [3.8, 4) is 11.5 Å². The Hall–Kier alpha value is -2.57. The van der Waals surface area contributed by atoms with Crippen molar-refractivity contribution in [2.24, 2.45) is 0 Å². The summed E-state index contributed by atoms with van der Waals surface area (Å²) in [4.78, 5) is 23.8. The summed E-state index contributed by atoms with van der Waals surface area (Å²) in [6, 6.07) is 5.13. The summed E-state index contributed by atoms with van der Waals surface area (Å²) >= 11 is 0. The fourth-order valence-electron chi connectivity index (χ4n) is 2.69. The molecule has 7 heteroatoms. The van der Waals surface area contributed by atoms with Gasteiger partial charge in [0.15, 0.2) is 11.5 Å². The lowest BCUT2D eigenvalue weighted by atomic mass is 9.95. The van der Waals surface area contributed by atoms with Gasteiger partial charge in [0.2, 0.25) is 11.7 Å². The minimum absolute atomic E-state index is 0.0712. The highest BCUT2D eigenvalue weighted by molar-refractivity contribution is 5.95. The minimum atomic E-state index is -0.453. The fourth-order valence-corrected chi connectivity index (χ4v) is 2.69. The maximum absolute atomic E-state index is 12.0. The van der Waals surface area contributed by atoms with Gasteiger partial charge >= 0.3 is 0 Å². The summed E-state index contributed by atoms with van der Waals surface area (Å²) in [7, 11) is 0. The smallest absolute Gasteiger partial charge is 0.273 e. The third-order valence-corrected chi connectivity index (χ3v) is 3.89. The Balaban J connectivity index is 1.48. The van der Waals surface area contributed by atoms with E-state index >= 15 is 0 Å². The van der Waals surface area contributed by atoms with E-state index in [1.54, 1.807) is 12.1 Å². The van der Waals surface area contributed by atoms with E-state index < -0.39 is 5.91 Å². The maximum Gasteiger partial charge on any atom is 0.273 e. The van der Waals surface area contributed by atoms with Gasteiger partial charge in [-0.3, -0.25) is 9.59 Å². The second kappa shape index (κ2) is 7.13. The van der Waals surface area contributed by atoms with Crippen LogP contribution in [0.2, 0.25) is 0 Å². The monoisotopic (exact) mass is 317 g/mol. The molecule has 2 aromatic rings. The second-order valence-electron chi connectivity index (χ2n) is 5.64. The molecule has 2 amide bonds. The number of furan rings is 1. The summed E-state index contributed by atoms with van der Waals surface area (Å²) in [5.74, 6) is 0.226. The quantitative estimate of drug-likeness (QED) is 0.880. The van der Waals surface area contributed by atoms with Crippen LogP contribution in [0, 0.1) is 0 Å². The summed E-state index contributed by atoms with van der Waals surface area (Å²) in [6.45, 7) is -0.0712. The van der Waals surface area contributed by atoms with Gasteiger partial charge in [-0.2, -0.15) is 0 Å². The van der Waals surface area contributed by atoms with Gasteiger partial charge in [0.1, 0.15) is 0 Å². The minimum Gasteiger partial charge on any atom is -0.461 e. The van der Waals surface area contributed by atoms with Crippen molar-refractivity contribution < 1.29 is 18.5 Å². The lowest BCUT2D eigenvalue weighted by molar-refractivity contribution is -0.121. The number of hydrogen-bond acceptors (Lipinski definition) is 5. The summed E-state index contributed by atoms with van der Waals surface area (Å²) in [6.07, 6.45) is 7.04. The zero-order valence-corrected chi connectivity index (χ0v) is 12.7. The zero-order chi connectivity index (χ0) is 16.1. The largest absolute Gasteiger partial charge is 0.461 e. The number of nitrogens with one attached hydrogen (secondary N) is 2. The maximum atomic E-state index is 12.0. The fraction of sp³-hybridized carbons (Fsp3) is 0.438. The lowest BCUT2D eigenvalue weighted by Crippen LogP contribution is -2.42. The first kappa shape index (κ1) is 15.3. The normalized spacial score (nSPS) is 15.3. The highest BCUT2D eigenvalue weighted by Crippen LogP contribution is 2.20. The molecule has 1 saturated carbocycles. The lowest BCUT2D eigenvalue weighted by Gasteiger charge is -2.22. The average molecular weight is 317 g/mol. The molecule has 1 fully saturated rings. The number of amides is 2. The Morgan fingerprint density at radius 3 is 2.78 bits per heavy atom. The van der Waals surface area contributed by atoms with E-state index in [1.807, 2.05) is 0 Å². The molecule has 0 aromatic carbocycles. The molecule has 2 heterocycles. The van der Waals surface area contributed by atoms with E-state index in [0.29, 0.717) is 11.5 Å². The van der Waals surface area contributed by atoms with Gasteiger partial charge in [-0.05, 0) is 25.0 Å². The number of nitrogens with zero attached hydrogens (tertiary/aromatic N) is 1. The van der Waals surface area contributed by atoms with Crippen molar-refractivity contribution in [2.75, 3.05) is 6.54 Å². The Labute approximate surface area is 133 Å². The molecule has 2 N–H and O–H groups in total. The van der Waals surface area contributed by atoms with Gasteiger partial charge in [-0.15, -0.1) is 0 Å². The summed E-state index contributed by atoms with van der Waals surface area (Å²) in [5.41, 5.74) is 0.113. The Kier molecular flexibility index (Phi) is 4.75. The van der Waals surface area contributed by atoms with Crippen molar-refractivity contribution in [3.05, 3.63) is 30.2 Å². The van der Waals surface area contributed by atoms with Crippen LogP contribution in [0.5, 0.6) is 0 Å². The standard InChI is InChI=1S/C16H19N3O4/c20-15(18-11-5-2-1-3-6-11)10-17-16(21)12-9-14(23-19-12)13-7-4-8-22-13/h4,7-9,11H,1-3,5-6,10H2,(H,17,21)(H,18,20). The van der Waals surface area contributed by atoms with E-state index in [4.69, 9.17) is 8.94 Å². The molecular weight excluding hydrogens is 298 g/mol. The SMILES string of the molecule is O=C(CNC(=O)c1cc(-c2ccco2)on1)NC1CCCCC1. The van der Waals surface area contributed by atoms with E-state index in [2.05, 4.69) is 15.8 Å². The number of aromatic nitrogens is 1. The molecule has 1 aliphatic carbocycles. The molecule has 0 radical (unpaired) electrons. The first-order valence-corrected chi connectivity index (χ1v) is 7.80.